The molecule has 7 nitrogen and oxygen atoms in total. The number of aliphatic hydroxyl groups excluding tert-OH is 1. The van der Waals surface area contributed by atoms with Crippen LogP contribution < -0.4 is 5.32 Å². The molecule has 1 aliphatic rings. The third-order valence-corrected chi connectivity index (χ3v) is 4.49. The molecule has 0 saturated carbocycles. The van der Waals surface area contributed by atoms with Crippen LogP contribution in [0.5, 0.6) is 0 Å². The maximum atomic E-state index is 12.5. The van der Waals surface area contributed by atoms with Crippen molar-refractivity contribution in [3.63, 3.8) is 0 Å². The largest absolute Gasteiger partial charge is 0.490 e. The second kappa shape index (κ2) is 10.6. The van der Waals surface area contributed by atoms with Crippen LogP contribution in [0.3, 0.4) is 0 Å². The summed E-state index contributed by atoms with van der Waals surface area (Å²) in [5.41, 5.74) is 2.14. The van der Waals surface area contributed by atoms with Gasteiger partial charge in [-0.1, -0.05) is 30.3 Å². The Labute approximate surface area is 171 Å². The van der Waals surface area contributed by atoms with Crippen LogP contribution in [0.25, 0.3) is 0 Å². The highest BCUT2D eigenvalue weighted by Gasteiger charge is 2.38. The predicted octanol–water partition coefficient (Wildman–Crippen LogP) is 2.60. The van der Waals surface area contributed by atoms with Gasteiger partial charge in [-0.05, 0) is 36.1 Å². The van der Waals surface area contributed by atoms with E-state index in [4.69, 9.17) is 9.90 Å². The Balaban J connectivity index is 0.000000396. The lowest BCUT2D eigenvalue weighted by Crippen LogP contribution is -2.46. The molecule has 0 unspecified atom stereocenters. The number of amides is 2. The van der Waals surface area contributed by atoms with E-state index < -0.39 is 18.2 Å². The van der Waals surface area contributed by atoms with Crippen molar-refractivity contribution in [3.8, 4) is 0 Å². The molecule has 1 aromatic carbocycles. The minimum atomic E-state index is -5.08. The average Bonchev–Trinajstić information content (AvgIpc) is 3.08. The highest BCUT2D eigenvalue weighted by Crippen LogP contribution is 2.22. The molecule has 2 amide bonds. The average molecular weight is 425 g/mol. The van der Waals surface area contributed by atoms with E-state index in [-0.39, 0.29) is 12.1 Å². The van der Waals surface area contributed by atoms with Crippen molar-refractivity contribution in [2.24, 2.45) is 0 Å². The molecule has 0 spiro atoms. The number of hydrogen-bond acceptors (Lipinski definition) is 4. The first kappa shape index (κ1) is 23.1. The van der Waals surface area contributed by atoms with Gasteiger partial charge in [0.15, 0.2) is 0 Å². The number of likely N-dealkylation sites (tertiary alicyclic amines) is 1. The Morgan fingerprint density at radius 1 is 1.10 bits per heavy atom. The van der Waals surface area contributed by atoms with Gasteiger partial charge in [0.2, 0.25) is 0 Å². The van der Waals surface area contributed by atoms with Gasteiger partial charge in [-0.25, -0.2) is 9.59 Å². The fourth-order valence-electron chi connectivity index (χ4n) is 2.97. The number of benzene rings is 1. The second-order valence-electron chi connectivity index (χ2n) is 6.62. The summed E-state index contributed by atoms with van der Waals surface area (Å²) in [4.78, 5) is 27.1. The van der Waals surface area contributed by atoms with Gasteiger partial charge in [-0.2, -0.15) is 13.2 Å². The summed E-state index contributed by atoms with van der Waals surface area (Å²) in [6, 6.07) is 13.3. The molecule has 162 valence electrons. The van der Waals surface area contributed by atoms with E-state index in [2.05, 4.69) is 10.3 Å². The standard InChI is InChI=1S/C18H21N3O2.C2HF3O2/c22-17-8-11-21(16(17)12-14-6-9-19-10-7-14)18(23)20-13-15-4-2-1-3-5-15;3-2(4,5)1(6)7/h1-7,9-10,16-17,22H,8,11-13H2,(H,20,23);(H,6,7)/t16-,17+;/m0./s1. The van der Waals surface area contributed by atoms with E-state index in [0.29, 0.717) is 25.9 Å². The predicted molar refractivity (Wildman–Crippen MR) is 101 cm³/mol. The van der Waals surface area contributed by atoms with Gasteiger partial charge in [0.1, 0.15) is 0 Å². The molecular formula is C20H22F3N3O4. The van der Waals surface area contributed by atoms with Crippen molar-refractivity contribution in [2.45, 2.75) is 37.7 Å². The Bertz CT molecular complexity index is 819. The smallest absolute Gasteiger partial charge is 0.475 e. The maximum absolute atomic E-state index is 12.5. The van der Waals surface area contributed by atoms with Gasteiger partial charge >= 0.3 is 18.2 Å². The molecule has 10 heteroatoms. The molecule has 1 saturated heterocycles. The van der Waals surface area contributed by atoms with Crippen molar-refractivity contribution in [1.29, 1.82) is 0 Å². The van der Waals surface area contributed by atoms with Crippen molar-refractivity contribution in [1.82, 2.24) is 15.2 Å². The third-order valence-electron chi connectivity index (χ3n) is 4.49. The lowest BCUT2D eigenvalue weighted by atomic mass is 10.0. The van der Waals surface area contributed by atoms with E-state index in [1.807, 2.05) is 42.5 Å². The Hall–Kier alpha value is -3.14. The molecule has 0 radical (unpaired) electrons. The minimum absolute atomic E-state index is 0.121. The normalized spacial score (nSPS) is 18.3. The molecule has 2 heterocycles. The van der Waals surface area contributed by atoms with Crippen molar-refractivity contribution >= 4 is 12.0 Å². The van der Waals surface area contributed by atoms with Crippen molar-refractivity contribution in [2.75, 3.05) is 6.54 Å². The van der Waals surface area contributed by atoms with Gasteiger partial charge in [0, 0.05) is 25.5 Å². The Morgan fingerprint density at radius 3 is 2.27 bits per heavy atom. The molecular weight excluding hydrogens is 403 g/mol. The topological polar surface area (TPSA) is 103 Å². The number of hydrogen-bond donors (Lipinski definition) is 3. The van der Waals surface area contributed by atoms with E-state index in [0.717, 1.165) is 11.1 Å². The van der Waals surface area contributed by atoms with E-state index in [1.165, 1.54) is 0 Å². The van der Waals surface area contributed by atoms with Crippen LogP contribution in [0.15, 0.2) is 54.9 Å². The first-order valence-corrected chi connectivity index (χ1v) is 9.14. The van der Waals surface area contributed by atoms with E-state index in [9.17, 15) is 23.1 Å². The molecule has 30 heavy (non-hydrogen) atoms. The van der Waals surface area contributed by atoms with Gasteiger partial charge in [0.25, 0.3) is 0 Å². The highest BCUT2D eigenvalue weighted by molar-refractivity contribution is 5.75. The molecule has 3 rings (SSSR count). The summed E-state index contributed by atoms with van der Waals surface area (Å²) < 4.78 is 31.7. The number of nitrogens with zero attached hydrogens (tertiary/aromatic N) is 2. The minimum Gasteiger partial charge on any atom is -0.475 e. The van der Waals surface area contributed by atoms with Crippen LogP contribution in [-0.2, 0) is 17.8 Å². The first-order valence-electron chi connectivity index (χ1n) is 9.14. The zero-order chi connectivity index (χ0) is 22.1. The number of nitrogens with one attached hydrogen (secondary N) is 1. The van der Waals surface area contributed by atoms with Gasteiger partial charge in [-0.15, -0.1) is 0 Å². The summed E-state index contributed by atoms with van der Waals surface area (Å²) in [6.07, 6.45) is -0.838. The van der Waals surface area contributed by atoms with Crippen LogP contribution >= 0.6 is 0 Å². The van der Waals surface area contributed by atoms with Crippen molar-refractivity contribution < 1.29 is 33.0 Å². The number of carbonyl (C=O) groups excluding carboxylic acids is 1. The zero-order valence-corrected chi connectivity index (χ0v) is 15.9. The molecule has 2 atom stereocenters. The number of halogens is 3. The number of carboxylic acids is 1. The molecule has 1 aliphatic heterocycles. The number of aliphatic hydroxyl groups is 1. The number of carboxylic acid groups (broad SMARTS) is 1. The van der Waals surface area contributed by atoms with Gasteiger partial charge < -0.3 is 20.4 Å². The number of aromatic nitrogens is 1. The number of carbonyl (C=O) groups is 2. The number of aliphatic carboxylic acids is 1. The van der Waals surface area contributed by atoms with Crippen LogP contribution in [0.1, 0.15) is 17.5 Å². The number of urea groups is 1. The lowest BCUT2D eigenvalue weighted by Gasteiger charge is -2.26. The van der Waals surface area contributed by atoms with Gasteiger partial charge in [-0.3, -0.25) is 4.98 Å². The molecule has 1 aromatic heterocycles. The SMILES string of the molecule is O=C(NCc1ccccc1)N1CC[C@@H](O)[C@@H]1Cc1ccncc1.O=C(O)C(F)(F)F. The highest BCUT2D eigenvalue weighted by atomic mass is 19.4. The van der Waals surface area contributed by atoms with E-state index in [1.54, 1.807) is 17.3 Å². The van der Waals surface area contributed by atoms with E-state index >= 15 is 0 Å². The number of rotatable bonds is 4. The monoisotopic (exact) mass is 425 g/mol. The first-order chi connectivity index (χ1) is 14.2. The van der Waals surface area contributed by atoms with Crippen molar-refractivity contribution in [3.05, 3.63) is 66.0 Å². The molecule has 2 aromatic rings. The van der Waals surface area contributed by atoms with Crippen LogP contribution in [0.2, 0.25) is 0 Å². The summed E-state index contributed by atoms with van der Waals surface area (Å²) in [6.45, 7) is 1.08. The zero-order valence-electron chi connectivity index (χ0n) is 15.9. The van der Waals surface area contributed by atoms with Gasteiger partial charge in [0.05, 0.1) is 12.1 Å². The molecule has 0 bridgehead atoms. The Kier molecular flexibility index (Phi) is 8.16. The molecule has 3 N–H and O–H groups in total. The summed E-state index contributed by atoms with van der Waals surface area (Å²) in [5, 5.41) is 20.3. The fourth-order valence-corrected chi connectivity index (χ4v) is 2.97. The van der Waals surface area contributed by atoms with Crippen LogP contribution in [0, 0.1) is 0 Å². The summed E-state index contributed by atoms with van der Waals surface area (Å²) in [5.74, 6) is -2.76. The third kappa shape index (κ3) is 7.03. The van der Waals surface area contributed by atoms with Crippen LogP contribution in [0.4, 0.5) is 18.0 Å². The quantitative estimate of drug-likeness (QED) is 0.699. The van der Waals surface area contributed by atoms with Crippen LogP contribution in [-0.4, -0.2) is 57.0 Å². The summed E-state index contributed by atoms with van der Waals surface area (Å²) >= 11 is 0. The maximum Gasteiger partial charge on any atom is 0.490 e. The number of alkyl halides is 3. The fraction of sp³-hybridized carbons (Fsp3) is 0.350. The summed E-state index contributed by atoms with van der Waals surface area (Å²) in [7, 11) is 0. The Morgan fingerprint density at radius 2 is 1.70 bits per heavy atom. The lowest BCUT2D eigenvalue weighted by molar-refractivity contribution is -0.192. The number of pyridine rings is 1. The molecule has 1 fully saturated rings. The molecule has 0 aliphatic carbocycles. The second-order valence-corrected chi connectivity index (χ2v) is 6.62.